The van der Waals surface area contributed by atoms with E-state index in [0.29, 0.717) is 6.54 Å². The maximum atomic E-state index is 11.4. The van der Waals surface area contributed by atoms with E-state index in [2.05, 4.69) is 21.6 Å². The van der Waals surface area contributed by atoms with E-state index in [-0.39, 0.29) is 5.97 Å². The standard InChI is InChI=1S/C9H12N2O2S/c1-3-4-11-8(9(12)13-2)7-5-10-6-14-7/h3,5-6,8,11H,1,4H2,2H3. The van der Waals surface area contributed by atoms with Gasteiger partial charge in [-0.2, -0.15) is 0 Å². The Morgan fingerprint density at radius 2 is 2.71 bits per heavy atom. The largest absolute Gasteiger partial charge is 0.468 e. The third-order valence-corrected chi connectivity index (χ3v) is 2.48. The second kappa shape index (κ2) is 5.51. The lowest BCUT2D eigenvalue weighted by Crippen LogP contribution is -2.28. The molecule has 1 N–H and O–H groups in total. The van der Waals surface area contributed by atoms with E-state index in [0.717, 1.165) is 4.88 Å². The van der Waals surface area contributed by atoms with E-state index >= 15 is 0 Å². The number of nitrogens with zero attached hydrogens (tertiary/aromatic N) is 1. The normalized spacial score (nSPS) is 12.1. The number of thiazole rings is 1. The quantitative estimate of drug-likeness (QED) is 0.587. The topological polar surface area (TPSA) is 51.2 Å². The highest BCUT2D eigenvalue weighted by Crippen LogP contribution is 2.18. The summed E-state index contributed by atoms with van der Waals surface area (Å²) in [5.74, 6) is -0.309. The van der Waals surface area contributed by atoms with E-state index in [1.165, 1.54) is 18.4 Å². The molecule has 0 saturated carbocycles. The molecular formula is C9H12N2O2S. The van der Waals surface area contributed by atoms with Crippen molar-refractivity contribution < 1.29 is 9.53 Å². The van der Waals surface area contributed by atoms with Gasteiger partial charge in [0.2, 0.25) is 0 Å². The number of aromatic nitrogens is 1. The molecule has 0 spiro atoms. The molecule has 1 heterocycles. The number of esters is 1. The minimum absolute atomic E-state index is 0.309. The Morgan fingerprint density at radius 1 is 1.93 bits per heavy atom. The molecule has 14 heavy (non-hydrogen) atoms. The second-order valence-corrected chi connectivity index (χ2v) is 3.47. The Bertz CT molecular complexity index is 298. The van der Waals surface area contributed by atoms with Crippen molar-refractivity contribution in [3.05, 3.63) is 29.2 Å². The zero-order valence-electron chi connectivity index (χ0n) is 7.90. The minimum atomic E-state index is -0.439. The van der Waals surface area contributed by atoms with Gasteiger partial charge in [-0.1, -0.05) is 6.08 Å². The summed E-state index contributed by atoms with van der Waals surface area (Å²) in [4.78, 5) is 16.1. The molecule has 1 aromatic heterocycles. The monoisotopic (exact) mass is 212 g/mol. The molecule has 4 nitrogen and oxygen atoms in total. The number of hydrogen-bond acceptors (Lipinski definition) is 5. The smallest absolute Gasteiger partial charge is 0.328 e. The molecule has 0 saturated heterocycles. The second-order valence-electron chi connectivity index (χ2n) is 2.56. The molecule has 1 aromatic rings. The summed E-state index contributed by atoms with van der Waals surface area (Å²) in [7, 11) is 1.37. The number of hydrogen-bond donors (Lipinski definition) is 1. The van der Waals surface area contributed by atoms with Crippen LogP contribution in [-0.2, 0) is 9.53 Å². The number of rotatable bonds is 5. The summed E-state index contributed by atoms with van der Waals surface area (Å²) in [6.45, 7) is 4.13. The number of methoxy groups -OCH3 is 1. The van der Waals surface area contributed by atoms with Crippen LogP contribution in [0.15, 0.2) is 24.4 Å². The average Bonchev–Trinajstić information content (AvgIpc) is 2.71. The molecular weight excluding hydrogens is 200 g/mol. The van der Waals surface area contributed by atoms with Crippen LogP contribution in [0, 0.1) is 0 Å². The minimum Gasteiger partial charge on any atom is -0.468 e. The van der Waals surface area contributed by atoms with Crippen LogP contribution in [0.3, 0.4) is 0 Å². The van der Waals surface area contributed by atoms with Crippen LogP contribution in [-0.4, -0.2) is 24.6 Å². The van der Waals surface area contributed by atoms with Crippen LogP contribution in [0.4, 0.5) is 0 Å². The average molecular weight is 212 g/mol. The fourth-order valence-corrected chi connectivity index (χ4v) is 1.67. The van der Waals surface area contributed by atoms with Crippen molar-refractivity contribution in [2.24, 2.45) is 0 Å². The summed E-state index contributed by atoms with van der Waals surface area (Å²) in [5.41, 5.74) is 1.68. The van der Waals surface area contributed by atoms with Gasteiger partial charge in [0.25, 0.3) is 0 Å². The Labute approximate surface area is 86.6 Å². The third-order valence-electron chi connectivity index (χ3n) is 1.64. The van der Waals surface area contributed by atoms with Gasteiger partial charge in [0.1, 0.15) is 6.04 Å². The van der Waals surface area contributed by atoms with Gasteiger partial charge in [-0.05, 0) is 0 Å². The summed E-state index contributed by atoms with van der Waals surface area (Å²) >= 11 is 1.42. The molecule has 5 heteroatoms. The van der Waals surface area contributed by atoms with Crippen LogP contribution in [0.2, 0.25) is 0 Å². The molecule has 0 aliphatic rings. The fourth-order valence-electron chi connectivity index (χ4n) is 0.987. The molecule has 1 unspecified atom stereocenters. The first-order valence-electron chi connectivity index (χ1n) is 4.10. The first-order chi connectivity index (χ1) is 6.79. The van der Waals surface area contributed by atoms with Crippen LogP contribution >= 0.6 is 11.3 Å². The molecule has 0 fully saturated rings. The van der Waals surface area contributed by atoms with Crippen molar-refractivity contribution in [1.29, 1.82) is 0 Å². The summed E-state index contributed by atoms with van der Waals surface area (Å²) in [6, 6.07) is -0.439. The summed E-state index contributed by atoms with van der Waals surface area (Å²) < 4.78 is 4.68. The van der Waals surface area contributed by atoms with E-state index < -0.39 is 6.04 Å². The highest BCUT2D eigenvalue weighted by molar-refractivity contribution is 7.09. The molecule has 1 rings (SSSR count). The van der Waals surface area contributed by atoms with Crippen molar-refractivity contribution in [1.82, 2.24) is 10.3 Å². The lowest BCUT2D eigenvalue weighted by Gasteiger charge is -2.12. The lowest BCUT2D eigenvalue weighted by molar-refractivity contribution is -0.143. The van der Waals surface area contributed by atoms with Crippen LogP contribution in [0.5, 0.6) is 0 Å². The van der Waals surface area contributed by atoms with E-state index in [1.807, 2.05) is 0 Å². The van der Waals surface area contributed by atoms with Crippen molar-refractivity contribution in [3.8, 4) is 0 Å². The predicted molar refractivity (Wildman–Crippen MR) is 55.1 cm³/mol. The Morgan fingerprint density at radius 3 is 3.21 bits per heavy atom. The lowest BCUT2D eigenvalue weighted by atomic mass is 10.2. The van der Waals surface area contributed by atoms with Crippen LogP contribution in [0.25, 0.3) is 0 Å². The van der Waals surface area contributed by atoms with Gasteiger partial charge in [-0.25, -0.2) is 4.79 Å². The molecule has 0 bridgehead atoms. The molecule has 0 aliphatic heterocycles. The van der Waals surface area contributed by atoms with Crippen LogP contribution in [0.1, 0.15) is 10.9 Å². The van der Waals surface area contributed by atoms with Gasteiger partial charge in [0, 0.05) is 12.7 Å². The maximum Gasteiger partial charge on any atom is 0.328 e. The molecule has 0 amide bonds. The van der Waals surface area contributed by atoms with Gasteiger partial charge >= 0.3 is 5.97 Å². The molecule has 0 aromatic carbocycles. The maximum absolute atomic E-state index is 11.4. The van der Waals surface area contributed by atoms with E-state index in [4.69, 9.17) is 0 Å². The number of carbonyl (C=O) groups is 1. The van der Waals surface area contributed by atoms with Crippen molar-refractivity contribution >= 4 is 17.3 Å². The van der Waals surface area contributed by atoms with E-state index in [1.54, 1.807) is 17.8 Å². The van der Waals surface area contributed by atoms with Crippen molar-refractivity contribution in [3.63, 3.8) is 0 Å². The van der Waals surface area contributed by atoms with Gasteiger partial charge < -0.3 is 4.74 Å². The number of carbonyl (C=O) groups excluding carboxylic acids is 1. The van der Waals surface area contributed by atoms with Crippen molar-refractivity contribution in [2.45, 2.75) is 6.04 Å². The number of nitrogens with one attached hydrogen (secondary N) is 1. The zero-order valence-corrected chi connectivity index (χ0v) is 8.71. The first kappa shape index (κ1) is 10.9. The predicted octanol–water partition coefficient (Wildman–Crippen LogP) is 1.13. The van der Waals surface area contributed by atoms with Crippen LogP contribution < -0.4 is 5.32 Å². The Hall–Kier alpha value is -1.20. The van der Waals surface area contributed by atoms with E-state index in [9.17, 15) is 4.79 Å². The van der Waals surface area contributed by atoms with Gasteiger partial charge in [0.15, 0.2) is 0 Å². The summed E-state index contributed by atoms with van der Waals surface area (Å²) in [5, 5.41) is 3.00. The molecule has 1 atom stereocenters. The number of ether oxygens (including phenoxy) is 1. The highest BCUT2D eigenvalue weighted by Gasteiger charge is 2.21. The van der Waals surface area contributed by atoms with Gasteiger partial charge in [0.05, 0.1) is 17.5 Å². The zero-order chi connectivity index (χ0) is 10.4. The fraction of sp³-hybridized carbons (Fsp3) is 0.333. The highest BCUT2D eigenvalue weighted by atomic mass is 32.1. The first-order valence-corrected chi connectivity index (χ1v) is 4.98. The Kier molecular flexibility index (Phi) is 4.28. The van der Waals surface area contributed by atoms with Gasteiger partial charge in [-0.3, -0.25) is 10.3 Å². The molecule has 0 aliphatic carbocycles. The third kappa shape index (κ3) is 2.65. The molecule has 76 valence electrons. The SMILES string of the molecule is C=CCNC(C(=O)OC)c1cncs1. The molecule has 0 radical (unpaired) electrons. The summed E-state index contributed by atoms with van der Waals surface area (Å²) in [6.07, 6.45) is 3.35. The van der Waals surface area contributed by atoms with Gasteiger partial charge in [-0.15, -0.1) is 17.9 Å². The Balaban J connectivity index is 2.71. The van der Waals surface area contributed by atoms with Crippen molar-refractivity contribution in [2.75, 3.05) is 13.7 Å².